The van der Waals surface area contributed by atoms with Crippen LogP contribution in [0.4, 0.5) is 13.2 Å². The third-order valence-corrected chi connectivity index (χ3v) is 6.46. The van der Waals surface area contributed by atoms with E-state index in [0.29, 0.717) is 25.0 Å². The van der Waals surface area contributed by atoms with Gasteiger partial charge in [-0.3, -0.25) is 9.69 Å². The van der Waals surface area contributed by atoms with Gasteiger partial charge >= 0.3 is 12.1 Å². The molecule has 1 aromatic rings. The first-order chi connectivity index (χ1) is 14.2. The summed E-state index contributed by atoms with van der Waals surface area (Å²) in [6.07, 6.45) is 1.81. The molecule has 2 aliphatic rings. The zero-order valence-electron chi connectivity index (χ0n) is 17.2. The van der Waals surface area contributed by atoms with Crippen molar-refractivity contribution < 1.29 is 32.6 Å². The number of ether oxygens (including phenoxy) is 1. The van der Waals surface area contributed by atoms with E-state index in [9.17, 15) is 18.0 Å². The number of nitrogens with zero attached hydrogens (tertiary/aromatic N) is 3. The molecule has 0 aromatic carbocycles. The minimum Gasteiger partial charge on any atom is -0.475 e. The van der Waals surface area contributed by atoms with Gasteiger partial charge in [-0.1, -0.05) is 6.92 Å². The van der Waals surface area contributed by atoms with Gasteiger partial charge in [0.25, 0.3) is 0 Å². The fraction of sp³-hybridized carbons (Fsp3) is 0.737. The van der Waals surface area contributed by atoms with E-state index in [1.54, 1.807) is 18.4 Å². The summed E-state index contributed by atoms with van der Waals surface area (Å²) in [5, 5.41) is 10.3. The fourth-order valence-electron chi connectivity index (χ4n) is 4.56. The Hall–Kier alpha value is -1.72. The first-order valence-corrected chi connectivity index (χ1v) is 10.8. The Morgan fingerprint density at radius 2 is 2.13 bits per heavy atom. The molecule has 0 saturated carbocycles. The number of carbonyl (C=O) groups is 2. The molecule has 0 aliphatic carbocycles. The van der Waals surface area contributed by atoms with Crippen LogP contribution in [0.5, 0.6) is 0 Å². The number of likely N-dealkylation sites (tertiary alicyclic amines) is 2. The molecule has 1 N–H and O–H groups in total. The lowest BCUT2D eigenvalue weighted by atomic mass is 9.77. The Morgan fingerprint density at radius 3 is 2.67 bits per heavy atom. The number of hydrogen-bond donors (Lipinski definition) is 1. The van der Waals surface area contributed by atoms with Gasteiger partial charge in [0.2, 0.25) is 5.91 Å². The number of alkyl halides is 3. The Balaban J connectivity index is 0.000000396. The molecule has 2 atom stereocenters. The summed E-state index contributed by atoms with van der Waals surface area (Å²) in [6.45, 7) is 5.60. The maximum atomic E-state index is 12.5. The van der Waals surface area contributed by atoms with Crippen molar-refractivity contribution in [2.45, 2.75) is 63.3 Å². The zero-order valence-corrected chi connectivity index (χ0v) is 18.0. The zero-order chi connectivity index (χ0) is 22.4. The number of amides is 1. The Labute approximate surface area is 177 Å². The predicted octanol–water partition coefficient (Wildman–Crippen LogP) is 3.16. The molecule has 2 fully saturated rings. The molecule has 7 nitrogen and oxygen atoms in total. The van der Waals surface area contributed by atoms with Crippen LogP contribution in [0.2, 0.25) is 0 Å². The summed E-state index contributed by atoms with van der Waals surface area (Å²) in [6, 6.07) is 0.420. The van der Waals surface area contributed by atoms with Gasteiger partial charge in [-0.25, -0.2) is 9.78 Å². The van der Waals surface area contributed by atoms with Crippen molar-refractivity contribution in [3.8, 4) is 0 Å². The second-order valence-corrected chi connectivity index (χ2v) is 8.35. The van der Waals surface area contributed by atoms with Crippen LogP contribution in [0.3, 0.4) is 0 Å². The van der Waals surface area contributed by atoms with Crippen molar-refractivity contribution in [1.29, 1.82) is 0 Å². The number of rotatable bonds is 6. The number of thiazole rings is 1. The standard InChI is InChI=1S/C17H27N3O2S.C2HF3O2/c1-3-14-17(7-5-16(21)20(17)10-11-22-2)6-4-9-19(14)13-15-18-8-12-23-15;3-2(4,5)1(6)7/h8,12,14H,3-7,9-11,13H2,1-2H3;(H,6,7)/t14-,17-;/m0./s1. The molecule has 0 radical (unpaired) electrons. The number of piperidine rings is 1. The van der Waals surface area contributed by atoms with Gasteiger partial charge in [-0.05, 0) is 32.2 Å². The minimum absolute atomic E-state index is 0.000126. The number of carbonyl (C=O) groups excluding carboxylic acids is 1. The lowest BCUT2D eigenvalue weighted by Gasteiger charge is -2.52. The van der Waals surface area contributed by atoms with Gasteiger partial charge in [0.05, 0.1) is 18.7 Å². The molecule has 2 saturated heterocycles. The summed E-state index contributed by atoms with van der Waals surface area (Å²) >= 11 is 1.72. The molecule has 1 aromatic heterocycles. The number of aromatic nitrogens is 1. The third kappa shape index (κ3) is 5.70. The van der Waals surface area contributed by atoms with Crippen molar-refractivity contribution in [1.82, 2.24) is 14.8 Å². The van der Waals surface area contributed by atoms with Gasteiger partial charge in [-0.2, -0.15) is 13.2 Å². The normalized spacial score (nSPS) is 24.8. The summed E-state index contributed by atoms with van der Waals surface area (Å²) < 4.78 is 37.0. The highest BCUT2D eigenvalue weighted by Gasteiger charge is 2.52. The van der Waals surface area contributed by atoms with Crippen LogP contribution in [0.25, 0.3) is 0 Å². The molecule has 0 bridgehead atoms. The van der Waals surface area contributed by atoms with Crippen molar-refractivity contribution in [2.75, 3.05) is 26.8 Å². The second kappa shape index (κ2) is 10.5. The summed E-state index contributed by atoms with van der Waals surface area (Å²) in [7, 11) is 1.71. The Bertz CT molecular complexity index is 702. The van der Waals surface area contributed by atoms with Crippen molar-refractivity contribution >= 4 is 23.2 Å². The molecule has 3 heterocycles. The monoisotopic (exact) mass is 451 g/mol. The minimum atomic E-state index is -5.08. The Morgan fingerprint density at radius 1 is 1.43 bits per heavy atom. The molecule has 1 amide bonds. The van der Waals surface area contributed by atoms with E-state index < -0.39 is 12.1 Å². The van der Waals surface area contributed by atoms with Crippen LogP contribution in [0.15, 0.2) is 11.6 Å². The number of methoxy groups -OCH3 is 1. The lowest BCUT2D eigenvalue weighted by molar-refractivity contribution is -0.192. The fourth-order valence-corrected chi connectivity index (χ4v) is 5.20. The summed E-state index contributed by atoms with van der Waals surface area (Å²) in [5.41, 5.74) is -0.000126. The molecule has 1 spiro atoms. The first-order valence-electron chi connectivity index (χ1n) is 9.87. The number of carboxylic acids is 1. The van der Waals surface area contributed by atoms with Gasteiger partial charge in [0, 0.05) is 37.7 Å². The topological polar surface area (TPSA) is 83.0 Å². The molecule has 30 heavy (non-hydrogen) atoms. The summed E-state index contributed by atoms with van der Waals surface area (Å²) in [5.74, 6) is -2.45. The van der Waals surface area contributed by atoms with Gasteiger partial charge in [0.1, 0.15) is 5.01 Å². The second-order valence-electron chi connectivity index (χ2n) is 7.37. The molecule has 11 heteroatoms. The van der Waals surface area contributed by atoms with Crippen molar-refractivity contribution in [3.05, 3.63) is 16.6 Å². The molecule has 0 unspecified atom stereocenters. The molecule has 2 aliphatic heterocycles. The van der Waals surface area contributed by atoms with Crippen LogP contribution in [0, 0.1) is 0 Å². The maximum Gasteiger partial charge on any atom is 0.490 e. The van der Waals surface area contributed by atoms with Crippen LogP contribution in [-0.4, -0.2) is 76.3 Å². The van der Waals surface area contributed by atoms with E-state index >= 15 is 0 Å². The quantitative estimate of drug-likeness (QED) is 0.716. The van der Waals surface area contributed by atoms with Crippen molar-refractivity contribution in [3.63, 3.8) is 0 Å². The lowest BCUT2D eigenvalue weighted by Crippen LogP contribution is -2.63. The maximum absolute atomic E-state index is 12.5. The highest BCUT2D eigenvalue weighted by atomic mass is 32.1. The van der Waals surface area contributed by atoms with E-state index in [-0.39, 0.29) is 5.54 Å². The molecular formula is C19H28F3N3O4S. The third-order valence-electron chi connectivity index (χ3n) is 5.70. The summed E-state index contributed by atoms with van der Waals surface area (Å²) in [4.78, 5) is 30.5. The largest absolute Gasteiger partial charge is 0.490 e. The van der Waals surface area contributed by atoms with Crippen LogP contribution >= 0.6 is 11.3 Å². The van der Waals surface area contributed by atoms with Crippen LogP contribution in [-0.2, 0) is 20.9 Å². The SMILES string of the molecule is CC[C@@H]1N(Cc2nccs2)CCC[C@]12CCC(=O)N2CCOC.O=C(O)C(F)(F)F. The van der Waals surface area contributed by atoms with E-state index in [2.05, 4.69) is 21.7 Å². The van der Waals surface area contributed by atoms with Gasteiger partial charge < -0.3 is 14.7 Å². The highest BCUT2D eigenvalue weighted by molar-refractivity contribution is 7.09. The number of halogens is 3. The van der Waals surface area contributed by atoms with Gasteiger partial charge in [-0.15, -0.1) is 11.3 Å². The van der Waals surface area contributed by atoms with E-state index in [1.165, 1.54) is 5.01 Å². The van der Waals surface area contributed by atoms with E-state index in [4.69, 9.17) is 14.6 Å². The number of carboxylic acid groups (broad SMARTS) is 1. The predicted molar refractivity (Wildman–Crippen MR) is 105 cm³/mol. The number of aliphatic carboxylic acids is 1. The number of hydrogen-bond acceptors (Lipinski definition) is 6. The molecule has 3 rings (SSSR count). The highest BCUT2D eigenvalue weighted by Crippen LogP contribution is 2.43. The van der Waals surface area contributed by atoms with Crippen molar-refractivity contribution in [2.24, 2.45) is 0 Å². The van der Waals surface area contributed by atoms with E-state index in [1.807, 2.05) is 11.6 Å². The smallest absolute Gasteiger partial charge is 0.475 e. The van der Waals surface area contributed by atoms with Gasteiger partial charge in [0.15, 0.2) is 0 Å². The average Bonchev–Trinajstić information content (AvgIpc) is 3.29. The van der Waals surface area contributed by atoms with E-state index in [0.717, 1.165) is 45.3 Å². The molecular weight excluding hydrogens is 423 g/mol. The first kappa shape index (κ1) is 24.5. The van der Waals surface area contributed by atoms with Crippen LogP contribution < -0.4 is 0 Å². The average molecular weight is 452 g/mol. The van der Waals surface area contributed by atoms with Crippen LogP contribution in [0.1, 0.15) is 44.0 Å². The Kier molecular flexibility index (Phi) is 8.62. The molecule has 170 valence electrons.